The van der Waals surface area contributed by atoms with Gasteiger partial charge in [-0.3, -0.25) is 4.79 Å². The Hall–Kier alpha value is -1.51. The molecular formula is C20H32O3. The van der Waals surface area contributed by atoms with Crippen molar-refractivity contribution in [3.8, 4) is 11.5 Å². The summed E-state index contributed by atoms with van der Waals surface area (Å²) in [5, 5.41) is 10.7. The fraction of sp³-hybridized carbons (Fsp3) is 0.650. The van der Waals surface area contributed by atoms with E-state index in [1.54, 1.807) is 6.92 Å². The molecule has 0 saturated carbocycles. The van der Waals surface area contributed by atoms with Gasteiger partial charge in [0, 0.05) is 12.0 Å². The molecule has 0 aliphatic carbocycles. The zero-order valence-corrected chi connectivity index (χ0v) is 15.6. The van der Waals surface area contributed by atoms with E-state index in [-0.39, 0.29) is 17.1 Å². The molecule has 3 heteroatoms. The van der Waals surface area contributed by atoms with Gasteiger partial charge in [0.25, 0.3) is 0 Å². The topological polar surface area (TPSA) is 46.5 Å². The molecule has 1 N–H and O–H groups in total. The number of carbonyl (C=O) groups excluding carboxylic acids is 1. The Balaban J connectivity index is 3.22. The molecule has 0 saturated heterocycles. The number of ether oxygens (including phenoxy) is 1. The van der Waals surface area contributed by atoms with Crippen LogP contribution in [-0.4, -0.2) is 11.1 Å². The Morgan fingerprint density at radius 1 is 1.17 bits per heavy atom. The molecule has 3 nitrogen and oxygen atoms in total. The van der Waals surface area contributed by atoms with Gasteiger partial charge in [-0.15, -0.1) is 0 Å². The number of carbonyl (C=O) groups is 1. The van der Waals surface area contributed by atoms with Crippen LogP contribution >= 0.6 is 0 Å². The molecule has 0 aromatic heterocycles. The van der Waals surface area contributed by atoms with E-state index in [9.17, 15) is 9.90 Å². The van der Waals surface area contributed by atoms with E-state index in [1.807, 2.05) is 13.0 Å². The Morgan fingerprint density at radius 2 is 1.83 bits per heavy atom. The van der Waals surface area contributed by atoms with E-state index in [1.165, 1.54) is 19.3 Å². The number of phenols is 1. The van der Waals surface area contributed by atoms with Crippen molar-refractivity contribution in [2.24, 2.45) is 0 Å². The van der Waals surface area contributed by atoms with Crippen LogP contribution in [0.15, 0.2) is 6.07 Å². The lowest BCUT2D eigenvalue weighted by Crippen LogP contribution is -2.16. The van der Waals surface area contributed by atoms with Gasteiger partial charge in [0.1, 0.15) is 11.5 Å². The van der Waals surface area contributed by atoms with Crippen LogP contribution in [0.3, 0.4) is 0 Å². The predicted molar refractivity (Wildman–Crippen MR) is 95.3 cm³/mol. The molecular weight excluding hydrogens is 288 g/mol. The Morgan fingerprint density at radius 3 is 2.35 bits per heavy atom. The van der Waals surface area contributed by atoms with Gasteiger partial charge < -0.3 is 9.84 Å². The van der Waals surface area contributed by atoms with Crippen molar-refractivity contribution in [2.45, 2.75) is 85.5 Å². The van der Waals surface area contributed by atoms with Crippen LogP contribution in [0.4, 0.5) is 0 Å². The third-order valence-electron chi connectivity index (χ3n) is 4.21. The second-order valence-electron chi connectivity index (χ2n) is 7.26. The highest BCUT2D eigenvalue weighted by Crippen LogP contribution is 2.40. The minimum Gasteiger partial charge on any atom is -0.507 e. The van der Waals surface area contributed by atoms with Gasteiger partial charge in [-0.2, -0.15) is 0 Å². The summed E-state index contributed by atoms with van der Waals surface area (Å²) in [7, 11) is 0. The second-order valence-corrected chi connectivity index (χ2v) is 7.26. The number of esters is 1. The predicted octanol–water partition coefficient (Wildman–Crippen LogP) is 5.44. The number of unbranched alkanes of at least 4 members (excludes halogenated alkanes) is 3. The largest absolute Gasteiger partial charge is 0.507 e. The molecule has 0 heterocycles. The van der Waals surface area contributed by atoms with Crippen LogP contribution in [0.25, 0.3) is 0 Å². The summed E-state index contributed by atoms with van der Waals surface area (Å²) in [5.74, 6) is 0.493. The maximum absolute atomic E-state index is 11.6. The van der Waals surface area contributed by atoms with Gasteiger partial charge in [-0.05, 0) is 42.4 Å². The van der Waals surface area contributed by atoms with Gasteiger partial charge in [0.15, 0.2) is 0 Å². The van der Waals surface area contributed by atoms with Crippen LogP contribution in [-0.2, 0) is 16.6 Å². The molecule has 1 aromatic carbocycles. The average molecular weight is 320 g/mol. The average Bonchev–Trinajstić information content (AvgIpc) is 2.48. The van der Waals surface area contributed by atoms with E-state index in [4.69, 9.17) is 4.74 Å². The first-order valence-electron chi connectivity index (χ1n) is 8.78. The van der Waals surface area contributed by atoms with E-state index in [2.05, 4.69) is 27.7 Å². The highest BCUT2D eigenvalue weighted by molar-refractivity contribution is 5.73. The molecule has 23 heavy (non-hydrogen) atoms. The van der Waals surface area contributed by atoms with Crippen molar-refractivity contribution in [1.82, 2.24) is 0 Å². The first-order valence-corrected chi connectivity index (χ1v) is 8.78. The van der Waals surface area contributed by atoms with Gasteiger partial charge in [0.2, 0.25) is 0 Å². The number of aromatic hydroxyl groups is 1. The summed E-state index contributed by atoms with van der Waals surface area (Å²) in [6.07, 6.45) is 5.84. The fourth-order valence-electron chi connectivity index (χ4n) is 2.75. The number of benzene rings is 1. The molecule has 0 radical (unpaired) electrons. The van der Waals surface area contributed by atoms with Crippen molar-refractivity contribution in [2.75, 3.05) is 0 Å². The van der Waals surface area contributed by atoms with Crippen molar-refractivity contribution in [3.63, 3.8) is 0 Å². The summed E-state index contributed by atoms with van der Waals surface area (Å²) in [4.78, 5) is 11.6. The normalized spacial score (nSPS) is 11.6. The fourth-order valence-corrected chi connectivity index (χ4v) is 2.75. The molecule has 1 rings (SSSR count). The molecule has 0 aliphatic heterocycles. The third-order valence-corrected chi connectivity index (χ3v) is 4.21. The van der Waals surface area contributed by atoms with Crippen LogP contribution < -0.4 is 4.74 Å². The van der Waals surface area contributed by atoms with Crippen molar-refractivity contribution < 1.29 is 14.6 Å². The van der Waals surface area contributed by atoms with Gasteiger partial charge >= 0.3 is 5.97 Å². The Bertz CT molecular complexity index is 539. The standard InChI is InChI=1S/C20H32O3/c1-7-9-10-11-12-15-16(20(4,5)6)13-17(14(3)19(15)22)23-18(21)8-2/h13,22H,7-12H2,1-6H3. The number of hydrogen-bond acceptors (Lipinski definition) is 3. The van der Waals surface area contributed by atoms with E-state index < -0.39 is 0 Å². The van der Waals surface area contributed by atoms with Crippen LogP contribution in [0.2, 0.25) is 0 Å². The molecule has 0 spiro atoms. The first-order chi connectivity index (χ1) is 10.7. The summed E-state index contributed by atoms with van der Waals surface area (Å²) in [6.45, 7) is 12.1. The SMILES string of the molecule is CCCCCCc1c(C(C)(C)C)cc(OC(=O)CC)c(C)c1O. The summed E-state index contributed by atoms with van der Waals surface area (Å²) >= 11 is 0. The lowest BCUT2D eigenvalue weighted by molar-refractivity contribution is -0.134. The molecule has 0 atom stereocenters. The van der Waals surface area contributed by atoms with Crippen molar-refractivity contribution >= 4 is 5.97 Å². The maximum Gasteiger partial charge on any atom is 0.310 e. The molecule has 0 unspecified atom stereocenters. The number of hydrogen-bond donors (Lipinski definition) is 1. The number of rotatable bonds is 7. The molecule has 0 bridgehead atoms. The lowest BCUT2D eigenvalue weighted by atomic mass is 9.81. The van der Waals surface area contributed by atoms with Crippen LogP contribution in [0, 0.1) is 6.92 Å². The second kappa shape index (κ2) is 8.37. The molecule has 0 fully saturated rings. The summed E-state index contributed by atoms with van der Waals surface area (Å²) in [6, 6.07) is 1.94. The van der Waals surface area contributed by atoms with Crippen molar-refractivity contribution in [3.05, 3.63) is 22.8 Å². The van der Waals surface area contributed by atoms with Gasteiger partial charge in [-0.1, -0.05) is 53.9 Å². The Kier molecular flexibility index (Phi) is 7.11. The lowest BCUT2D eigenvalue weighted by Gasteiger charge is -2.26. The van der Waals surface area contributed by atoms with Gasteiger partial charge in [-0.25, -0.2) is 0 Å². The monoisotopic (exact) mass is 320 g/mol. The smallest absolute Gasteiger partial charge is 0.310 e. The van der Waals surface area contributed by atoms with Crippen LogP contribution in [0.1, 0.15) is 83.4 Å². The minimum atomic E-state index is -0.275. The van der Waals surface area contributed by atoms with Crippen LogP contribution in [0.5, 0.6) is 11.5 Å². The minimum absolute atomic E-state index is 0.112. The van der Waals surface area contributed by atoms with E-state index in [0.717, 1.165) is 24.0 Å². The third kappa shape index (κ3) is 5.26. The zero-order chi connectivity index (χ0) is 17.6. The molecule has 1 aromatic rings. The van der Waals surface area contributed by atoms with E-state index in [0.29, 0.717) is 17.7 Å². The molecule has 0 amide bonds. The molecule has 130 valence electrons. The first kappa shape index (κ1) is 19.5. The Labute approximate surface area is 141 Å². The highest BCUT2D eigenvalue weighted by Gasteiger charge is 2.24. The quantitative estimate of drug-likeness (QED) is 0.413. The summed E-state index contributed by atoms with van der Waals surface area (Å²) in [5.41, 5.74) is 2.61. The van der Waals surface area contributed by atoms with Gasteiger partial charge in [0.05, 0.1) is 0 Å². The van der Waals surface area contributed by atoms with Crippen molar-refractivity contribution in [1.29, 1.82) is 0 Å². The van der Waals surface area contributed by atoms with E-state index >= 15 is 0 Å². The number of phenolic OH excluding ortho intramolecular Hbond substituents is 1. The molecule has 0 aliphatic rings. The summed E-state index contributed by atoms with van der Waals surface area (Å²) < 4.78 is 5.41. The highest BCUT2D eigenvalue weighted by atomic mass is 16.5. The maximum atomic E-state index is 11.6. The zero-order valence-electron chi connectivity index (χ0n) is 15.6.